The smallest absolute Gasteiger partial charge is 0.272 e. The van der Waals surface area contributed by atoms with E-state index in [1.807, 2.05) is 13.0 Å². The first-order valence-corrected chi connectivity index (χ1v) is 5.66. The molecule has 0 aliphatic carbocycles. The van der Waals surface area contributed by atoms with Crippen molar-refractivity contribution in [2.24, 2.45) is 0 Å². The molecule has 2 rings (SSSR count). The van der Waals surface area contributed by atoms with Crippen molar-refractivity contribution in [1.29, 1.82) is 0 Å². The van der Waals surface area contributed by atoms with E-state index >= 15 is 0 Å². The summed E-state index contributed by atoms with van der Waals surface area (Å²) in [6.45, 7) is 3.18. The molecule has 1 N–H and O–H groups in total. The van der Waals surface area contributed by atoms with E-state index in [1.54, 1.807) is 17.0 Å². The second kappa shape index (κ2) is 4.95. The molecule has 90 valence electrons. The van der Waals surface area contributed by atoms with E-state index < -0.39 is 0 Å². The van der Waals surface area contributed by atoms with Crippen molar-refractivity contribution in [3.05, 3.63) is 29.6 Å². The van der Waals surface area contributed by atoms with Crippen LogP contribution in [0.4, 0.5) is 0 Å². The van der Waals surface area contributed by atoms with Crippen molar-refractivity contribution in [2.75, 3.05) is 19.6 Å². The Bertz CT molecular complexity index is 445. The Labute approximate surface area is 99.8 Å². The molecule has 0 spiro atoms. The van der Waals surface area contributed by atoms with Crippen molar-refractivity contribution in [2.45, 2.75) is 13.3 Å². The molecule has 1 fully saturated rings. The first-order chi connectivity index (χ1) is 8.16. The number of pyridine rings is 1. The SMILES string of the molecule is Cc1cccc(C(=O)N2CCCNC(=O)C2)n1. The highest BCUT2D eigenvalue weighted by Gasteiger charge is 2.21. The molecule has 2 amide bonds. The molecule has 1 aromatic heterocycles. The van der Waals surface area contributed by atoms with Crippen LogP contribution >= 0.6 is 0 Å². The summed E-state index contributed by atoms with van der Waals surface area (Å²) in [7, 11) is 0. The van der Waals surface area contributed by atoms with Gasteiger partial charge in [0.1, 0.15) is 5.69 Å². The monoisotopic (exact) mass is 233 g/mol. The van der Waals surface area contributed by atoms with E-state index in [4.69, 9.17) is 0 Å². The Morgan fingerprint density at radius 2 is 2.29 bits per heavy atom. The van der Waals surface area contributed by atoms with E-state index in [0.717, 1.165) is 12.1 Å². The number of rotatable bonds is 1. The van der Waals surface area contributed by atoms with Crippen LogP contribution in [-0.2, 0) is 4.79 Å². The molecule has 5 nitrogen and oxygen atoms in total. The van der Waals surface area contributed by atoms with Crippen LogP contribution in [0.25, 0.3) is 0 Å². The molecule has 0 radical (unpaired) electrons. The van der Waals surface area contributed by atoms with Gasteiger partial charge in [-0.15, -0.1) is 0 Å². The van der Waals surface area contributed by atoms with Gasteiger partial charge in [-0.2, -0.15) is 0 Å². The summed E-state index contributed by atoms with van der Waals surface area (Å²) < 4.78 is 0. The first kappa shape index (κ1) is 11.6. The summed E-state index contributed by atoms with van der Waals surface area (Å²) in [5.74, 6) is -0.283. The number of carbonyl (C=O) groups is 2. The average Bonchev–Trinajstić information content (AvgIpc) is 2.53. The number of nitrogens with zero attached hydrogens (tertiary/aromatic N) is 2. The molecule has 0 saturated carbocycles. The van der Waals surface area contributed by atoms with Crippen LogP contribution in [0.15, 0.2) is 18.2 Å². The van der Waals surface area contributed by atoms with E-state index in [2.05, 4.69) is 10.3 Å². The van der Waals surface area contributed by atoms with Gasteiger partial charge in [-0.1, -0.05) is 6.07 Å². The number of nitrogens with one attached hydrogen (secondary N) is 1. The van der Waals surface area contributed by atoms with Crippen molar-refractivity contribution in [1.82, 2.24) is 15.2 Å². The van der Waals surface area contributed by atoms with E-state index in [-0.39, 0.29) is 18.4 Å². The molecular weight excluding hydrogens is 218 g/mol. The number of aryl methyl sites for hydroxylation is 1. The molecule has 0 aromatic carbocycles. The number of amides is 2. The highest BCUT2D eigenvalue weighted by Crippen LogP contribution is 2.05. The van der Waals surface area contributed by atoms with Crippen molar-refractivity contribution < 1.29 is 9.59 Å². The van der Waals surface area contributed by atoms with Gasteiger partial charge in [0.2, 0.25) is 5.91 Å². The summed E-state index contributed by atoms with van der Waals surface area (Å²) in [5, 5.41) is 2.74. The molecular formula is C12H15N3O2. The van der Waals surface area contributed by atoms with Crippen molar-refractivity contribution in [3.63, 3.8) is 0 Å². The highest BCUT2D eigenvalue weighted by molar-refractivity contribution is 5.95. The van der Waals surface area contributed by atoms with Crippen LogP contribution in [0, 0.1) is 6.92 Å². The fourth-order valence-corrected chi connectivity index (χ4v) is 1.80. The predicted molar refractivity (Wildman–Crippen MR) is 62.5 cm³/mol. The molecule has 0 bridgehead atoms. The van der Waals surface area contributed by atoms with Crippen LogP contribution < -0.4 is 5.32 Å². The quantitative estimate of drug-likeness (QED) is 0.761. The van der Waals surface area contributed by atoms with Crippen molar-refractivity contribution >= 4 is 11.8 Å². The lowest BCUT2D eigenvalue weighted by Gasteiger charge is -2.18. The topological polar surface area (TPSA) is 62.3 Å². The third-order valence-electron chi connectivity index (χ3n) is 2.66. The standard InChI is InChI=1S/C12H15N3O2/c1-9-4-2-5-10(14-9)12(17)15-7-3-6-13-11(16)8-15/h2,4-5H,3,6-8H2,1H3,(H,13,16). The molecule has 1 saturated heterocycles. The molecule has 5 heteroatoms. The Kier molecular flexibility index (Phi) is 3.37. The van der Waals surface area contributed by atoms with Gasteiger partial charge in [0, 0.05) is 18.8 Å². The zero-order chi connectivity index (χ0) is 12.3. The molecule has 2 heterocycles. The first-order valence-electron chi connectivity index (χ1n) is 5.66. The maximum absolute atomic E-state index is 12.1. The fraction of sp³-hybridized carbons (Fsp3) is 0.417. The van der Waals surface area contributed by atoms with Crippen LogP contribution in [0.3, 0.4) is 0 Å². The normalized spacial score (nSPS) is 16.3. The lowest BCUT2D eigenvalue weighted by atomic mass is 10.2. The maximum atomic E-state index is 12.1. The fourth-order valence-electron chi connectivity index (χ4n) is 1.80. The van der Waals surface area contributed by atoms with Gasteiger partial charge >= 0.3 is 0 Å². The third kappa shape index (κ3) is 2.81. The number of carbonyl (C=O) groups excluding carboxylic acids is 2. The predicted octanol–water partition coefficient (Wildman–Crippen LogP) is 0.352. The van der Waals surface area contributed by atoms with E-state index in [1.165, 1.54) is 0 Å². The summed E-state index contributed by atoms with van der Waals surface area (Å²) in [5.41, 5.74) is 1.20. The Balaban J connectivity index is 2.16. The minimum absolute atomic E-state index is 0.108. The molecule has 1 aromatic rings. The molecule has 1 aliphatic heterocycles. The van der Waals surface area contributed by atoms with Crippen molar-refractivity contribution in [3.8, 4) is 0 Å². The second-order valence-electron chi connectivity index (χ2n) is 4.09. The zero-order valence-electron chi connectivity index (χ0n) is 9.77. The largest absolute Gasteiger partial charge is 0.354 e. The number of aromatic nitrogens is 1. The lowest BCUT2D eigenvalue weighted by molar-refractivity contribution is -0.121. The minimum Gasteiger partial charge on any atom is -0.354 e. The Morgan fingerprint density at radius 1 is 1.47 bits per heavy atom. The van der Waals surface area contributed by atoms with E-state index in [0.29, 0.717) is 18.8 Å². The highest BCUT2D eigenvalue weighted by atomic mass is 16.2. The van der Waals surface area contributed by atoms with Gasteiger partial charge in [0.15, 0.2) is 0 Å². The van der Waals surface area contributed by atoms with E-state index in [9.17, 15) is 9.59 Å². The van der Waals surface area contributed by atoms with Crippen LogP contribution in [-0.4, -0.2) is 41.3 Å². The Hall–Kier alpha value is -1.91. The van der Waals surface area contributed by atoms with Crippen LogP contribution in [0.2, 0.25) is 0 Å². The van der Waals surface area contributed by atoms with Gasteiger partial charge in [-0.25, -0.2) is 4.98 Å². The number of hydrogen-bond acceptors (Lipinski definition) is 3. The summed E-state index contributed by atoms with van der Waals surface area (Å²) in [4.78, 5) is 29.2. The van der Waals surface area contributed by atoms with Gasteiger partial charge in [-0.05, 0) is 25.5 Å². The molecule has 0 atom stereocenters. The lowest BCUT2D eigenvalue weighted by Crippen LogP contribution is -2.37. The van der Waals surface area contributed by atoms with Gasteiger partial charge < -0.3 is 10.2 Å². The summed E-state index contributed by atoms with van der Waals surface area (Å²) in [6, 6.07) is 5.32. The van der Waals surface area contributed by atoms with Gasteiger partial charge in [-0.3, -0.25) is 9.59 Å². The van der Waals surface area contributed by atoms with Crippen LogP contribution in [0.5, 0.6) is 0 Å². The van der Waals surface area contributed by atoms with Crippen LogP contribution in [0.1, 0.15) is 22.6 Å². The van der Waals surface area contributed by atoms with Gasteiger partial charge in [0.05, 0.1) is 6.54 Å². The second-order valence-corrected chi connectivity index (χ2v) is 4.09. The molecule has 1 aliphatic rings. The Morgan fingerprint density at radius 3 is 3.06 bits per heavy atom. The zero-order valence-corrected chi connectivity index (χ0v) is 9.77. The molecule has 0 unspecified atom stereocenters. The van der Waals surface area contributed by atoms with Gasteiger partial charge in [0.25, 0.3) is 5.91 Å². The minimum atomic E-state index is -0.175. The maximum Gasteiger partial charge on any atom is 0.272 e. The number of hydrogen-bond donors (Lipinski definition) is 1. The summed E-state index contributed by atoms with van der Waals surface area (Å²) in [6.07, 6.45) is 0.781. The third-order valence-corrected chi connectivity index (χ3v) is 2.66. The average molecular weight is 233 g/mol. The summed E-state index contributed by atoms with van der Waals surface area (Å²) >= 11 is 0. The molecule has 17 heavy (non-hydrogen) atoms.